The zero-order chi connectivity index (χ0) is 5.91. The molecule has 0 saturated heterocycles. The van der Waals surface area contributed by atoms with Crippen LogP contribution in [0.25, 0.3) is 0 Å². The molecule has 0 amide bonds. The maximum absolute atomic E-state index is 9.64. The molecular weight excluding hydrogens is 139 g/mol. The molecule has 0 aliphatic carbocycles. The molecule has 0 aliphatic rings. The molecule has 5 heteroatoms. The Kier molecular flexibility index (Phi) is 6.94. The molecule has 0 N–H and O–H groups in total. The van der Waals surface area contributed by atoms with E-state index in [1.54, 1.807) is 0 Å². The van der Waals surface area contributed by atoms with E-state index in [1.807, 2.05) is 0 Å². The first-order chi connectivity index (χ1) is 3.06. The van der Waals surface area contributed by atoms with Gasteiger partial charge in [0.25, 0.3) is 0 Å². The first-order valence-electron chi connectivity index (χ1n) is 1.77. The van der Waals surface area contributed by atoms with Crippen molar-refractivity contribution in [3.63, 3.8) is 0 Å². The third-order valence-corrected chi connectivity index (χ3v) is 1.11. The van der Waals surface area contributed by atoms with Gasteiger partial charge < -0.3 is 4.55 Å². The molecule has 0 aromatic carbocycles. The Morgan fingerprint density at radius 2 is 2.00 bits per heavy atom. The first kappa shape index (κ1) is 11.7. The third-order valence-electron chi connectivity index (χ3n) is 0.371. The molecule has 0 fully saturated rings. The van der Waals surface area contributed by atoms with Crippen molar-refractivity contribution in [2.45, 2.75) is 6.92 Å². The van der Waals surface area contributed by atoms with E-state index in [4.69, 9.17) is 0 Å². The van der Waals surface area contributed by atoms with Gasteiger partial charge in [0.15, 0.2) is 0 Å². The van der Waals surface area contributed by atoms with Crippen molar-refractivity contribution in [2.24, 2.45) is 0 Å². The molecule has 0 aliphatic heterocycles. The molecule has 0 heterocycles. The Morgan fingerprint density at radius 3 is 2.00 bits per heavy atom. The smallest absolute Gasteiger partial charge is 0.748 e. The summed E-state index contributed by atoms with van der Waals surface area (Å²) in [6, 6.07) is 0. The number of hydrogen-bond donors (Lipinski definition) is 0. The molecule has 0 aromatic rings. The molecule has 0 saturated carbocycles. The number of rotatable bonds is 2. The Labute approximate surface area is 71.5 Å². The van der Waals surface area contributed by atoms with Crippen molar-refractivity contribution in [2.75, 3.05) is 5.75 Å². The summed E-state index contributed by atoms with van der Waals surface area (Å²) < 4.78 is 28.9. The van der Waals surface area contributed by atoms with Gasteiger partial charge >= 0.3 is 29.6 Å². The van der Waals surface area contributed by atoms with E-state index in [0.29, 0.717) is 0 Å². The summed E-state index contributed by atoms with van der Waals surface area (Å²) in [7, 11) is -3.98. The summed E-state index contributed by atoms with van der Waals surface area (Å²) in [6.45, 7) is 1.52. The maximum atomic E-state index is 9.64. The number of hydrogen-bond acceptors (Lipinski definition) is 3. The van der Waals surface area contributed by atoms with Crippen LogP contribution < -0.4 is 29.6 Å². The van der Waals surface area contributed by atoms with Crippen molar-refractivity contribution in [3.8, 4) is 0 Å². The van der Waals surface area contributed by atoms with E-state index < -0.39 is 10.1 Å². The van der Waals surface area contributed by atoms with Gasteiger partial charge in [0.05, 0.1) is 10.1 Å². The summed E-state index contributed by atoms with van der Waals surface area (Å²) in [4.78, 5) is 0. The normalized spacial score (nSPS) is 10.2. The van der Waals surface area contributed by atoms with Crippen molar-refractivity contribution in [1.82, 2.24) is 0 Å². The predicted molar refractivity (Wildman–Crippen MR) is 24.5 cm³/mol. The van der Waals surface area contributed by atoms with Crippen molar-refractivity contribution >= 4 is 10.1 Å². The molecule has 8 heavy (non-hydrogen) atoms. The molecule has 3 nitrogen and oxygen atoms in total. The van der Waals surface area contributed by atoms with Crippen LogP contribution in [0.5, 0.6) is 0 Å². The molecule has 43 valence electrons. The van der Waals surface area contributed by atoms with Crippen molar-refractivity contribution in [1.29, 1.82) is 0 Å². The average molecular weight is 145 g/mol. The van der Waals surface area contributed by atoms with E-state index in [9.17, 15) is 13.0 Å². The summed E-state index contributed by atoms with van der Waals surface area (Å²) in [5.41, 5.74) is 0. The van der Waals surface area contributed by atoms with Gasteiger partial charge in [-0.2, -0.15) is 0 Å². The summed E-state index contributed by atoms with van der Waals surface area (Å²) >= 11 is 0. The second kappa shape index (κ2) is 4.76. The fraction of sp³-hybridized carbons (Fsp3) is 0.667. The van der Waals surface area contributed by atoms with Crippen LogP contribution in [0, 0.1) is 6.42 Å². The summed E-state index contributed by atoms with van der Waals surface area (Å²) in [5.74, 6) is -0.368. The van der Waals surface area contributed by atoms with E-state index in [-0.39, 0.29) is 35.3 Å². The Bertz CT molecular complexity index is 127. The molecule has 0 unspecified atom stereocenters. The second-order valence-corrected chi connectivity index (χ2v) is 2.58. The topological polar surface area (TPSA) is 57.2 Å². The summed E-state index contributed by atoms with van der Waals surface area (Å²) in [6.07, 6.45) is 1.31. The van der Waals surface area contributed by atoms with Crippen LogP contribution in [0.1, 0.15) is 6.92 Å². The molecule has 0 atom stereocenters. The molecule has 1 radical (unpaired) electrons. The standard InChI is InChI=1S/C3H7O3S.Na/c1-2-3-7(4,5)6;/h2H,3H2,1H3,(H,4,5,6);/q;+1/p-1. The fourth-order valence-corrected chi connectivity index (χ4v) is 0.612. The fourth-order valence-electron chi connectivity index (χ4n) is 0.204. The summed E-state index contributed by atoms with van der Waals surface area (Å²) in [5, 5.41) is 0. The Balaban J connectivity index is 0. The van der Waals surface area contributed by atoms with Crippen molar-refractivity contribution in [3.05, 3.63) is 6.42 Å². The van der Waals surface area contributed by atoms with Crippen LogP contribution in [-0.2, 0) is 10.1 Å². The van der Waals surface area contributed by atoms with Crippen LogP contribution in [0.15, 0.2) is 0 Å². The first-order valence-corrected chi connectivity index (χ1v) is 3.35. The van der Waals surface area contributed by atoms with E-state index in [1.165, 1.54) is 13.3 Å². The van der Waals surface area contributed by atoms with Crippen LogP contribution in [0.4, 0.5) is 0 Å². The van der Waals surface area contributed by atoms with E-state index in [2.05, 4.69) is 0 Å². The van der Waals surface area contributed by atoms with Gasteiger partial charge in [-0.05, 0) is 6.42 Å². The second-order valence-electron chi connectivity index (χ2n) is 1.13. The largest absolute Gasteiger partial charge is 1.00 e. The van der Waals surface area contributed by atoms with Crippen LogP contribution in [0.2, 0.25) is 0 Å². The average Bonchev–Trinajstić information content (AvgIpc) is 1.30. The van der Waals surface area contributed by atoms with Gasteiger partial charge in [-0.15, -0.1) is 0 Å². The van der Waals surface area contributed by atoms with Gasteiger partial charge in [0.1, 0.15) is 0 Å². The molecule has 0 aromatic heterocycles. The SMILES string of the molecule is C[CH]CS(=O)(=O)[O-].[Na+]. The Hall–Kier alpha value is 0.910. The third kappa shape index (κ3) is 10.0. The molecule has 0 spiro atoms. The van der Waals surface area contributed by atoms with Crippen molar-refractivity contribution < 1.29 is 42.5 Å². The van der Waals surface area contributed by atoms with Gasteiger partial charge in [-0.3, -0.25) is 0 Å². The van der Waals surface area contributed by atoms with Gasteiger partial charge in [-0.1, -0.05) is 6.92 Å². The zero-order valence-corrected chi connectivity index (χ0v) is 7.73. The predicted octanol–water partition coefficient (Wildman–Crippen LogP) is -3.24. The minimum absolute atomic E-state index is 0. The van der Waals surface area contributed by atoms with Crippen LogP contribution in [-0.4, -0.2) is 18.7 Å². The minimum atomic E-state index is -3.98. The van der Waals surface area contributed by atoms with E-state index >= 15 is 0 Å². The van der Waals surface area contributed by atoms with Gasteiger partial charge in [-0.25, -0.2) is 8.42 Å². The molecular formula is C3H6NaO3S. The van der Waals surface area contributed by atoms with Gasteiger partial charge in [0, 0.05) is 5.75 Å². The maximum Gasteiger partial charge on any atom is 1.00 e. The van der Waals surface area contributed by atoms with Crippen LogP contribution in [0.3, 0.4) is 0 Å². The van der Waals surface area contributed by atoms with E-state index in [0.717, 1.165) is 0 Å². The van der Waals surface area contributed by atoms with Crippen LogP contribution >= 0.6 is 0 Å². The molecule has 0 bridgehead atoms. The Morgan fingerprint density at radius 1 is 1.62 bits per heavy atom. The minimum Gasteiger partial charge on any atom is -0.748 e. The quantitative estimate of drug-likeness (QED) is 0.303. The molecule has 0 rings (SSSR count). The zero-order valence-electron chi connectivity index (χ0n) is 4.92. The van der Waals surface area contributed by atoms with Gasteiger partial charge in [0.2, 0.25) is 0 Å². The monoisotopic (exact) mass is 145 g/mol.